The number of nitrogens with one attached hydrogen (secondary N) is 1. The summed E-state index contributed by atoms with van der Waals surface area (Å²) in [7, 11) is 0. The number of hydrogen-bond acceptors (Lipinski definition) is 5. The maximum atomic E-state index is 11.6. The zero-order chi connectivity index (χ0) is 14.5. The van der Waals surface area contributed by atoms with Gasteiger partial charge in [0.05, 0.1) is 12.1 Å². The first-order chi connectivity index (χ1) is 9.56. The first-order valence-corrected chi connectivity index (χ1v) is 5.93. The number of benzene rings is 1. The summed E-state index contributed by atoms with van der Waals surface area (Å²) in [6, 6.07) is 6.98. The number of nitrogens with zero attached hydrogens (tertiary/aromatic N) is 4. The van der Waals surface area contributed by atoms with Gasteiger partial charge in [-0.2, -0.15) is 4.68 Å². The van der Waals surface area contributed by atoms with E-state index >= 15 is 0 Å². The Balaban J connectivity index is 2.09. The summed E-state index contributed by atoms with van der Waals surface area (Å²) in [6.45, 7) is 1.76. The average Bonchev–Trinajstić information content (AvgIpc) is 2.83. The molecule has 0 unspecified atom stereocenters. The minimum Gasteiger partial charge on any atom is -0.481 e. The Morgan fingerprint density at radius 3 is 2.80 bits per heavy atom. The Bertz CT molecular complexity index is 638. The van der Waals surface area contributed by atoms with Gasteiger partial charge >= 0.3 is 5.97 Å². The van der Waals surface area contributed by atoms with Crippen molar-refractivity contribution in [3.8, 4) is 5.69 Å². The summed E-state index contributed by atoms with van der Waals surface area (Å²) >= 11 is 0. The second-order valence-electron chi connectivity index (χ2n) is 4.13. The smallest absolute Gasteiger partial charge is 0.303 e. The van der Waals surface area contributed by atoms with Gasteiger partial charge in [-0.25, -0.2) is 0 Å². The van der Waals surface area contributed by atoms with Gasteiger partial charge in [0.25, 0.3) is 0 Å². The summed E-state index contributed by atoms with van der Waals surface area (Å²) in [5.41, 5.74) is 1.27. The number of carbonyl (C=O) groups is 2. The van der Waals surface area contributed by atoms with Crippen LogP contribution in [0.3, 0.4) is 0 Å². The van der Waals surface area contributed by atoms with Crippen molar-refractivity contribution in [3.63, 3.8) is 0 Å². The van der Waals surface area contributed by atoms with E-state index in [9.17, 15) is 9.59 Å². The summed E-state index contributed by atoms with van der Waals surface area (Å²) in [5, 5.41) is 22.3. The number of carboxylic acids is 1. The number of anilines is 1. The van der Waals surface area contributed by atoms with Crippen molar-refractivity contribution in [2.75, 3.05) is 5.32 Å². The summed E-state index contributed by atoms with van der Waals surface area (Å²) in [5.74, 6) is -0.726. The van der Waals surface area contributed by atoms with Crippen molar-refractivity contribution in [2.24, 2.45) is 0 Å². The minimum absolute atomic E-state index is 0.0660. The molecule has 0 bridgehead atoms. The number of hydrogen-bond donors (Lipinski definition) is 2. The van der Waals surface area contributed by atoms with Crippen LogP contribution in [0.4, 0.5) is 5.69 Å². The van der Waals surface area contributed by atoms with Gasteiger partial charge in [-0.05, 0) is 35.5 Å². The van der Waals surface area contributed by atoms with Gasteiger partial charge < -0.3 is 10.4 Å². The fourth-order valence-corrected chi connectivity index (χ4v) is 1.63. The quantitative estimate of drug-likeness (QED) is 0.834. The molecule has 1 aromatic carbocycles. The number of carboxylic acid groups (broad SMARTS) is 1. The highest BCUT2D eigenvalue weighted by atomic mass is 16.4. The molecular weight excluding hydrogens is 262 g/mol. The largest absolute Gasteiger partial charge is 0.481 e. The van der Waals surface area contributed by atoms with Gasteiger partial charge in [-0.3, -0.25) is 9.59 Å². The molecule has 2 aromatic rings. The van der Waals surface area contributed by atoms with E-state index in [0.29, 0.717) is 17.2 Å². The standard InChI is InChI=1S/C12H13N5O3/c1-8-14-15-16-17(8)10-4-2-3-9(7-10)13-11(18)5-6-12(19)20/h2-4,7H,5-6H2,1H3,(H,13,18)(H,19,20). The molecule has 0 aliphatic carbocycles. The average molecular weight is 275 g/mol. The van der Waals surface area contributed by atoms with Crippen LogP contribution < -0.4 is 5.32 Å². The van der Waals surface area contributed by atoms with Crippen LogP contribution in [0.1, 0.15) is 18.7 Å². The molecule has 0 radical (unpaired) electrons. The van der Waals surface area contributed by atoms with Crippen LogP contribution >= 0.6 is 0 Å². The molecule has 8 heteroatoms. The van der Waals surface area contributed by atoms with Crippen molar-refractivity contribution in [2.45, 2.75) is 19.8 Å². The van der Waals surface area contributed by atoms with Crippen LogP contribution in [0.25, 0.3) is 5.69 Å². The third kappa shape index (κ3) is 3.37. The second kappa shape index (κ2) is 5.91. The maximum Gasteiger partial charge on any atom is 0.303 e. The lowest BCUT2D eigenvalue weighted by molar-refractivity contribution is -0.138. The van der Waals surface area contributed by atoms with E-state index in [-0.39, 0.29) is 18.7 Å². The van der Waals surface area contributed by atoms with Gasteiger partial charge in [-0.1, -0.05) is 6.07 Å². The Morgan fingerprint density at radius 1 is 1.35 bits per heavy atom. The van der Waals surface area contributed by atoms with Crippen molar-refractivity contribution in [3.05, 3.63) is 30.1 Å². The normalized spacial score (nSPS) is 10.2. The predicted octanol–water partition coefficient (Wildman–Crippen LogP) is 0.774. The van der Waals surface area contributed by atoms with E-state index in [0.717, 1.165) is 0 Å². The maximum absolute atomic E-state index is 11.6. The van der Waals surface area contributed by atoms with E-state index in [1.165, 1.54) is 4.68 Å². The van der Waals surface area contributed by atoms with Crippen molar-refractivity contribution >= 4 is 17.6 Å². The highest BCUT2D eigenvalue weighted by Crippen LogP contribution is 2.14. The lowest BCUT2D eigenvalue weighted by atomic mass is 10.2. The van der Waals surface area contributed by atoms with Gasteiger partial charge in [-0.15, -0.1) is 5.10 Å². The third-order valence-corrected chi connectivity index (χ3v) is 2.57. The molecule has 20 heavy (non-hydrogen) atoms. The van der Waals surface area contributed by atoms with Crippen LogP contribution in [-0.4, -0.2) is 37.2 Å². The van der Waals surface area contributed by atoms with Gasteiger partial charge in [0.1, 0.15) is 0 Å². The van der Waals surface area contributed by atoms with E-state index in [1.807, 2.05) is 0 Å². The first kappa shape index (κ1) is 13.7. The summed E-state index contributed by atoms with van der Waals surface area (Å²) in [4.78, 5) is 22.0. The second-order valence-corrected chi connectivity index (χ2v) is 4.13. The van der Waals surface area contributed by atoms with E-state index in [2.05, 4.69) is 20.8 Å². The Morgan fingerprint density at radius 2 is 2.15 bits per heavy atom. The molecule has 8 nitrogen and oxygen atoms in total. The van der Waals surface area contributed by atoms with Crippen LogP contribution in [-0.2, 0) is 9.59 Å². The topological polar surface area (TPSA) is 110 Å². The molecule has 0 aliphatic heterocycles. The van der Waals surface area contributed by atoms with E-state index in [1.54, 1.807) is 31.2 Å². The molecule has 1 aromatic heterocycles. The molecule has 0 spiro atoms. The molecule has 1 heterocycles. The fourth-order valence-electron chi connectivity index (χ4n) is 1.63. The number of aromatic nitrogens is 4. The number of aliphatic carboxylic acids is 1. The summed E-state index contributed by atoms with van der Waals surface area (Å²) in [6.07, 6.45) is -0.263. The fraction of sp³-hybridized carbons (Fsp3) is 0.250. The SMILES string of the molecule is Cc1nnnn1-c1cccc(NC(=O)CCC(=O)O)c1. The van der Waals surface area contributed by atoms with Crippen molar-refractivity contribution in [1.29, 1.82) is 0 Å². The highest BCUT2D eigenvalue weighted by molar-refractivity contribution is 5.92. The van der Waals surface area contributed by atoms with Crippen molar-refractivity contribution in [1.82, 2.24) is 20.2 Å². The van der Waals surface area contributed by atoms with Crippen LogP contribution in [0, 0.1) is 6.92 Å². The molecule has 0 aliphatic rings. The van der Waals surface area contributed by atoms with E-state index in [4.69, 9.17) is 5.11 Å². The third-order valence-electron chi connectivity index (χ3n) is 2.57. The highest BCUT2D eigenvalue weighted by Gasteiger charge is 2.08. The predicted molar refractivity (Wildman–Crippen MR) is 69.4 cm³/mol. The van der Waals surface area contributed by atoms with Crippen LogP contribution in [0.5, 0.6) is 0 Å². The van der Waals surface area contributed by atoms with Gasteiger partial charge in [0.2, 0.25) is 5.91 Å². The van der Waals surface area contributed by atoms with Gasteiger partial charge in [0.15, 0.2) is 5.82 Å². The number of aryl methyl sites for hydroxylation is 1. The Hall–Kier alpha value is -2.77. The molecule has 2 N–H and O–H groups in total. The molecular formula is C12H13N5O3. The lowest BCUT2D eigenvalue weighted by Crippen LogP contribution is -2.13. The van der Waals surface area contributed by atoms with E-state index < -0.39 is 5.97 Å². The molecule has 0 saturated carbocycles. The zero-order valence-corrected chi connectivity index (χ0v) is 10.8. The molecule has 0 fully saturated rings. The van der Waals surface area contributed by atoms with Gasteiger partial charge in [0, 0.05) is 12.1 Å². The number of carbonyl (C=O) groups excluding carboxylic acids is 1. The van der Waals surface area contributed by atoms with Crippen molar-refractivity contribution < 1.29 is 14.7 Å². The zero-order valence-electron chi connectivity index (χ0n) is 10.8. The molecule has 0 saturated heterocycles. The Kier molecular flexibility index (Phi) is 4.04. The lowest BCUT2D eigenvalue weighted by Gasteiger charge is -2.07. The molecule has 1 amide bonds. The van der Waals surface area contributed by atoms with Crippen LogP contribution in [0.2, 0.25) is 0 Å². The number of rotatable bonds is 5. The molecule has 104 valence electrons. The Labute approximate surface area is 114 Å². The summed E-state index contributed by atoms with van der Waals surface area (Å²) < 4.78 is 1.53. The molecule has 2 rings (SSSR count). The minimum atomic E-state index is -1.00. The molecule has 0 atom stereocenters. The number of tetrazole rings is 1. The first-order valence-electron chi connectivity index (χ1n) is 5.93. The van der Waals surface area contributed by atoms with Crippen LogP contribution in [0.15, 0.2) is 24.3 Å². The monoisotopic (exact) mass is 275 g/mol. The number of amides is 1.